The fourth-order valence-corrected chi connectivity index (χ4v) is 3.49. The second-order valence-corrected chi connectivity index (χ2v) is 6.99. The lowest BCUT2D eigenvalue weighted by Gasteiger charge is -2.06. The van der Waals surface area contributed by atoms with E-state index in [1.54, 1.807) is 29.6 Å². The molecular weight excluding hydrogens is 298 g/mol. The fourth-order valence-electron chi connectivity index (χ4n) is 1.49. The topological polar surface area (TPSA) is 72.5 Å². The Kier molecular flexibility index (Phi) is 4.53. The number of rotatable bonds is 5. The van der Waals surface area contributed by atoms with Crippen LogP contribution in [0.25, 0.3) is 0 Å². The summed E-state index contributed by atoms with van der Waals surface area (Å²) in [7, 11) is -3.64. The zero-order valence-corrected chi connectivity index (χ0v) is 12.3. The number of carbonyl (C=O) groups is 1. The molecule has 2 aromatic rings. The summed E-state index contributed by atoms with van der Waals surface area (Å²) in [6, 6.07) is 10.1. The van der Waals surface area contributed by atoms with Gasteiger partial charge in [-0.2, -0.15) is 4.72 Å². The van der Waals surface area contributed by atoms with E-state index in [4.69, 9.17) is 4.74 Å². The number of sulfonamides is 1. The molecule has 1 aromatic carbocycles. The smallest absolute Gasteiger partial charge is 0.326 e. The van der Waals surface area contributed by atoms with E-state index in [0.717, 1.165) is 16.9 Å². The average molecular weight is 311 g/mol. The van der Waals surface area contributed by atoms with Gasteiger partial charge in [0.05, 0.1) is 0 Å². The molecule has 0 atom stereocenters. The first kappa shape index (κ1) is 14.7. The van der Waals surface area contributed by atoms with Crippen LogP contribution < -0.4 is 9.46 Å². The van der Waals surface area contributed by atoms with Gasteiger partial charge in [-0.05, 0) is 36.1 Å². The van der Waals surface area contributed by atoms with E-state index < -0.39 is 22.5 Å². The van der Waals surface area contributed by atoms with Gasteiger partial charge in [-0.1, -0.05) is 18.2 Å². The van der Waals surface area contributed by atoms with E-state index in [-0.39, 0.29) is 4.21 Å². The summed E-state index contributed by atoms with van der Waals surface area (Å²) in [5.74, 6) is -0.263. The van der Waals surface area contributed by atoms with Crippen LogP contribution in [-0.4, -0.2) is 20.9 Å². The van der Waals surface area contributed by atoms with Crippen LogP contribution in [0.1, 0.15) is 5.56 Å². The minimum atomic E-state index is -3.64. The Labute approximate surface area is 121 Å². The number of hydrogen-bond acceptors (Lipinski definition) is 5. The van der Waals surface area contributed by atoms with Gasteiger partial charge < -0.3 is 4.74 Å². The highest BCUT2D eigenvalue weighted by molar-refractivity contribution is 7.91. The summed E-state index contributed by atoms with van der Waals surface area (Å²) < 4.78 is 31.0. The van der Waals surface area contributed by atoms with Gasteiger partial charge in [0.15, 0.2) is 0 Å². The van der Waals surface area contributed by atoms with E-state index >= 15 is 0 Å². The summed E-state index contributed by atoms with van der Waals surface area (Å²) in [6.07, 6.45) is 0. The van der Waals surface area contributed by atoms with Crippen molar-refractivity contribution in [1.82, 2.24) is 4.72 Å². The number of aryl methyl sites for hydroxylation is 1. The molecule has 0 unspecified atom stereocenters. The lowest BCUT2D eigenvalue weighted by Crippen LogP contribution is -2.31. The van der Waals surface area contributed by atoms with Crippen molar-refractivity contribution in [1.29, 1.82) is 0 Å². The molecular formula is C13H13NO4S2. The molecule has 0 radical (unpaired) electrons. The maximum absolute atomic E-state index is 11.8. The van der Waals surface area contributed by atoms with Crippen molar-refractivity contribution >= 4 is 27.3 Å². The first-order valence-electron chi connectivity index (χ1n) is 5.78. The predicted molar refractivity (Wildman–Crippen MR) is 76.3 cm³/mol. The number of carbonyl (C=O) groups excluding carboxylic acids is 1. The molecule has 0 saturated carbocycles. The quantitative estimate of drug-likeness (QED) is 0.676. The lowest BCUT2D eigenvalue weighted by atomic mass is 10.2. The molecule has 20 heavy (non-hydrogen) atoms. The lowest BCUT2D eigenvalue weighted by molar-refractivity contribution is -0.133. The summed E-state index contributed by atoms with van der Waals surface area (Å²) >= 11 is 1.08. The third kappa shape index (κ3) is 3.89. The van der Waals surface area contributed by atoms with E-state index in [1.165, 1.54) is 6.07 Å². The van der Waals surface area contributed by atoms with Gasteiger partial charge in [-0.3, -0.25) is 4.79 Å². The van der Waals surface area contributed by atoms with Crippen LogP contribution in [0, 0.1) is 6.92 Å². The van der Waals surface area contributed by atoms with Gasteiger partial charge in [0.2, 0.25) is 0 Å². The molecule has 0 bridgehead atoms. The average Bonchev–Trinajstić information content (AvgIpc) is 2.91. The highest BCUT2D eigenvalue weighted by Crippen LogP contribution is 2.15. The minimum absolute atomic E-state index is 0.167. The van der Waals surface area contributed by atoms with Crippen molar-refractivity contribution < 1.29 is 17.9 Å². The van der Waals surface area contributed by atoms with Crippen molar-refractivity contribution in [3.05, 3.63) is 47.3 Å². The van der Waals surface area contributed by atoms with E-state index in [9.17, 15) is 13.2 Å². The number of nitrogens with one attached hydrogen (secondary N) is 1. The van der Waals surface area contributed by atoms with Crippen LogP contribution in [0.4, 0.5) is 0 Å². The molecule has 106 valence electrons. The van der Waals surface area contributed by atoms with Crippen molar-refractivity contribution in [3.63, 3.8) is 0 Å². The minimum Gasteiger partial charge on any atom is -0.426 e. The molecule has 1 N–H and O–H groups in total. The standard InChI is InChI=1S/C13H13NO4S2/c1-10-4-2-5-11(8-10)18-12(15)9-14-20(16,17)13-6-3-7-19-13/h2-8,14H,9H2,1H3. The van der Waals surface area contributed by atoms with E-state index in [2.05, 4.69) is 4.72 Å². The number of ether oxygens (including phenoxy) is 1. The number of esters is 1. The Morgan fingerprint density at radius 1 is 1.30 bits per heavy atom. The molecule has 0 aliphatic carbocycles. The molecule has 0 aliphatic heterocycles. The van der Waals surface area contributed by atoms with Crippen molar-refractivity contribution in [3.8, 4) is 5.75 Å². The highest BCUT2D eigenvalue weighted by atomic mass is 32.2. The van der Waals surface area contributed by atoms with Gasteiger partial charge in [0, 0.05) is 0 Å². The normalized spacial score (nSPS) is 11.2. The first-order valence-corrected chi connectivity index (χ1v) is 8.14. The molecule has 0 amide bonds. The Morgan fingerprint density at radius 2 is 2.10 bits per heavy atom. The van der Waals surface area contributed by atoms with Crippen LogP contribution in [0.3, 0.4) is 0 Å². The van der Waals surface area contributed by atoms with Crippen LogP contribution in [0.2, 0.25) is 0 Å². The Morgan fingerprint density at radius 3 is 2.75 bits per heavy atom. The summed E-state index contributed by atoms with van der Waals surface area (Å²) in [5, 5.41) is 1.65. The van der Waals surface area contributed by atoms with Gasteiger partial charge in [0.25, 0.3) is 10.0 Å². The molecule has 2 rings (SSSR count). The van der Waals surface area contributed by atoms with Crippen LogP contribution in [0.15, 0.2) is 46.0 Å². The number of hydrogen-bond donors (Lipinski definition) is 1. The molecule has 0 fully saturated rings. The zero-order chi connectivity index (χ0) is 14.6. The Hall–Kier alpha value is -1.70. The van der Waals surface area contributed by atoms with Gasteiger partial charge in [-0.25, -0.2) is 8.42 Å². The van der Waals surface area contributed by atoms with E-state index in [1.807, 2.05) is 13.0 Å². The molecule has 0 aliphatic rings. The Balaban J connectivity index is 1.93. The molecule has 1 aromatic heterocycles. The summed E-state index contributed by atoms with van der Waals surface area (Å²) in [6.45, 7) is 1.46. The number of benzene rings is 1. The largest absolute Gasteiger partial charge is 0.426 e. The SMILES string of the molecule is Cc1cccc(OC(=O)CNS(=O)(=O)c2cccs2)c1. The van der Waals surface area contributed by atoms with Gasteiger partial charge in [0.1, 0.15) is 16.5 Å². The third-order valence-electron chi connectivity index (χ3n) is 2.39. The highest BCUT2D eigenvalue weighted by Gasteiger charge is 2.17. The van der Waals surface area contributed by atoms with Crippen molar-refractivity contribution in [2.24, 2.45) is 0 Å². The molecule has 0 spiro atoms. The molecule has 5 nitrogen and oxygen atoms in total. The van der Waals surface area contributed by atoms with Gasteiger partial charge in [-0.15, -0.1) is 11.3 Å². The van der Waals surface area contributed by atoms with Crippen LogP contribution >= 0.6 is 11.3 Å². The third-order valence-corrected chi connectivity index (χ3v) is 5.19. The monoisotopic (exact) mass is 311 g/mol. The van der Waals surface area contributed by atoms with Crippen LogP contribution in [-0.2, 0) is 14.8 Å². The Bertz CT molecular complexity index is 693. The summed E-state index contributed by atoms with van der Waals surface area (Å²) in [4.78, 5) is 11.6. The van der Waals surface area contributed by atoms with E-state index in [0.29, 0.717) is 5.75 Å². The van der Waals surface area contributed by atoms with Gasteiger partial charge >= 0.3 is 5.97 Å². The summed E-state index contributed by atoms with van der Waals surface area (Å²) in [5.41, 5.74) is 0.953. The first-order chi connectivity index (χ1) is 9.47. The number of thiophene rings is 1. The van der Waals surface area contributed by atoms with Crippen molar-refractivity contribution in [2.75, 3.05) is 6.54 Å². The maximum atomic E-state index is 11.8. The molecule has 7 heteroatoms. The maximum Gasteiger partial charge on any atom is 0.326 e. The van der Waals surface area contributed by atoms with Crippen LogP contribution in [0.5, 0.6) is 5.75 Å². The fraction of sp³-hybridized carbons (Fsp3) is 0.154. The second kappa shape index (κ2) is 6.17. The second-order valence-electron chi connectivity index (χ2n) is 4.05. The molecule has 1 heterocycles. The zero-order valence-electron chi connectivity index (χ0n) is 10.7. The van der Waals surface area contributed by atoms with Crippen molar-refractivity contribution in [2.45, 2.75) is 11.1 Å². The predicted octanol–water partition coefficient (Wildman–Crippen LogP) is 1.94. The molecule has 0 saturated heterocycles.